The van der Waals surface area contributed by atoms with E-state index >= 15 is 0 Å². The topological polar surface area (TPSA) is 96.3 Å². The summed E-state index contributed by atoms with van der Waals surface area (Å²) in [5.41, 5.74) is 0.927. The second-order valence-electron chi connectivity index (χ2n) is 6.49. The van der Waals surface area contributed by atoms with Crippen LogP contribution in [0.4, 0.5) is 0 Å². The van der Waals surface area contributed by atoms with E-state index in [0.29, 0.717) is 48.0 Å². The molecule has 27 heavy (non-hydrogen) atoms. The Kier molecular flexibility index (Phi) is 4.57. The van der Waals surface area contributed by atoms with Crippen LogP contribution in [0.5, 0.6) is 0 Å². The van der Waals surface area contributed by atoms with E-state index in [9.17, 15) is 13.2 Å². The smallest absolute Gasteiger partial charge is 0.274 e. The van der Waals surface area contributed by atoms with E-state index in [0.717, 1.165) is 0 Å². The first-order valence-electron chi connectivity index (χ1n) is 8.73. The second kappa shape index (κ2) is 7.03. The van der Waals surface area contributed by atoms with Gasteiger partial charge in [0.15, 0.2) is 21.3 Å². The lowest BCUT2D eigenvalue weighted by Gasteiger charge is -2.31. The van der Waals surface area contributed by atoms with E-state index in [4.69, 9.17) is 4.42 Å². The van der Waals surface area contributed by atoms with Crippen LogP contribution in [-0.2, 0) is 9.84 Å². The van der Waals surface area contributed by atoms with Gasteiger partial charge < -0.3 is 9.32 Å². The van der Waals surface area contributed by atoms with Gasteiger partial charge >= 0.3 is 0 Å². The molecule has 0 aliphatic carbocycles. The number of rotatable bonds is 4. The molecule has 1 aliphatic rings. The summed E-state index contributed by atoms with van der Waals surface area (Å²) in [6.45, 7) is 0.775. The summed E-state index contributed by atoms with van der Waals surface area (Å²) in [5.74, 6) is 0.397. The fourth-order valence-electron chi connectivity index (χ4n) is 3.32. The molecule has 3 heterocycles. The van der Waals surface area contributed by atoms with E-state index in [1.54, 1.807) is 59.7 Å². The Bertz CT molecular complexity index is 1020. The molecule has 1 saturated heterocycles. The van der Waals surface area contributed by atoms with Crippen LogP contribution < -0.4 is 0 Å². The van der Waals surface area contributed by atoms with Crippen molar-refractivity contribution < 1.29 is 17.6 Å². The zero-order chi connectivity index (χ0) is 18.9. The number of H-pyrrole nitrogens is 1. The average Bonchev–Trinajstić information content (AvgIpc) is 3.40. The number of nitrogens with one attached hydrogen (secondary N) is 1. The lowest BCUT2D eigenvalue weighted by molar-refractivity contribution is 0.0719. The predicted molar refractivity (Wildman–Crippen MR) is 98.8 cm³/mol. The molecule has 0 saturated carbocycles. The van der Waals surface area contributed by atoms with E-state index < -0.39 is 15.1 Å². The highest BCUT2D eigenvalue weighted by Gasteiger charge is 2.33. The van der Waals surface area contributed by atoms with Gasteiger partial charge in [-0.1, -0.05) is 18.2 Å². The van der Waals surface area contributed by atoms with Crippen LogP contribution in [0.25, 0.3) is 11.5 Å². The average molecular weight is 385 g/mol. The standard InChI is InChI=1S/C19H19N3O4S/c23-19(17-13-16(20-21-17)18-7-4-12-26-18)22-10-8-15(9-11-22)27(24,25)14-5-2-1-3-6-14/h1-7,12-13,15H,8-11H2,(H,20,21). The summed E-state index contributed by atoms with van der Waals surface area (Å²) in [7, 11) is -3.37. The third-order valence-corrected chi connectivity index (χ3v) is 7.10. The number of aromatic nitrogens is 2. The van der Waals surface area contributed by atoms with Gasteiger partial charge in [0.2, 0.25) is 0 Å². The molecule has 1 aromatic carbocycles. The van der Waals surface area contributed by atoms with Gasteiger partial charge in [-0.05, 0) is 37.1 Å². The normalized spacial score (nSPS) is 15.8. The Balaban J connectivity index is 1.43. The van der Waals surface area contributed by atoms with Crippen LogP contribution in [0.2, 0.25) is 0 Å². The maximum atomic E-state index is 12.7. The quantitative estimate of drug-likeness (QED) is 0.745. The number of carbonyl (C=O) groups excluding carboxylic acids is 1. The van der Waals surface area contributed by atoms with Gasteiger partial charge in [0.25, 0.3) is 5.91 Å². The predicted octanol–water partition coefficient (Wildman–Crippen LogP) is 2.75. The molecule has 1 N–H and O–H groups in total. The summed E-state index contributed by atoms with van der Waals surface area (Å²) >= 11 is 0. The molecule has 1 fully saturated rings. The van der Waals surface area contributed by atoms with Gasteiger partial charge in [-0.25, -0.2) is 8.42 Å². The van der Waals surface area contributed by atoms with E-state index in [2.05, 4.69) is 10.2 Å². The first-order valence-corrected chi connectivity index (χ1v) is 10.3. The second-order valence-corrected chi connectivity index (χ2v) is 8.72. The minimum atomic E-state index is -3.37. The number of hydrogen-bond donors (Lipinski definition) is 1. The Morgan fingerprint density at radius 1 is 1.11 bits per heavy atom. The molecular weight excluding hydrogens is 366 g/mol. The number of amides is 1. The fourth-order valence-corrected chi connectivity index (χ4v) is 5.08. The maximum absolute atomic E-state index is 12.7. The molecule has 0 radical (unpaired) electrons. The summed E-state index contributed by atoms with van der Waals surface area (Å²) in [5, 5.41) is 6.39. The third-order valence-electron chi connectivity index (χ3n) is 4.82. The molecular formula is C19H19N3O4S. The Morgan fingerprint density at radius 3 is 2.52 bits per heavy atom. The summed E-state index contributed by atoms with van der Waals surface area (Å²) in [6, 6.07) is 13.7. The number of carbonyl (C=O) groups is 1. The van der Waals surface area contributed by atoms with Crippen LogP contribution in [0.1, 0.15) is 23.3 Å². The Hall–Kier alpha value is -2.87. The minimum absolute atomic E-state index is 0.209. The highest BCUT2D eigenvalue weighted by molar-refractivity contribution is 7.92. The van der Waals surface area contributed by atoms with Gasteiger partial charge in [0.1, 0.15) is 5.69 Å². The summed E-state index contributed by atoms with van der Waals surface area (Å²) in [6.07, 6.45) is 2.38. The molecule has 140 valence electrons. The number of piperidine rings is 1. The monoisotopic (exact) mass is 385 g/mol. The molecule has 3 aromatic rings. The summed E-state index contributed by atoms with van der Waals surface area (Å²) in [4.78, 5) is 14.7. The zero-order valence-corrected chi connectivity index (χ0v) is 15.4. The van der Waals surface area contributed by atoms with Gasteiger partial charge in [-0.15, -0.1) is 0 Å². The minimum Gasteiger partial charge on any atom is -0.463 e. The largest absolute Gasteiger partial charge is 0.463 e. The van der Waals surface area contributed by atoms with Crippen molar-refractivity contribution in [2.45, 2.75) is 23.0 Å². The number of furan rings is 1. The number of benzene rings is 1. The van der Waals surface area contributed by atoms with Crippen molar-refractivity contribution in [1.29, 1.82) is 0 Å². The van der Waals surface area contributed by atoms with Crippen LogP contribution in [0.3, 0.4) is 0 Å². The molecule has 8 heteroatoms. The van der Waals surface area contributed by atoms with Crippen molar-refractivity contribution in [1.82, 2.24) is 15.1 Å². The number of likely N-dealkylation sites (tertiary alicyclic amines) is 1. The fraction of sp³-hybridized carbons (Fsp3) is 0.263. The van der Waals surface area contributed by atoms with Gasteiger partial charge in [-0.3, -0.25) is 9.89 Å². The van der Waals surface area contributed by atoms with Crippen molar-refractivity contribution in [2.75, 3.05) is 13.1 Å². The molecule has 4 rings (SSSR count). The number of sulfone groups is 1. The number of hydrogen-bond acceptors (Lipinski definition) is 5. The van der Waals surface area contributed by atoms with Crippen molar-refractivity contribution in [3.05, 3.63) is 60.5 Å². The van der Waals surface area contributed by atoms with Crippen molar-refractivity contribution >= 4 is 15.7 Å². The van der Waals surface area contributed by atoms with Crippen LogP contribution in [0.15, 0.2) is 64.1 Å². The van der Waals surface area contributed by atoms with Crippen LogP contribution in [0, 0.1) is 0 Å². The van der Waals surface area contributed by atoms with Gasteiger partial charge in [-0.2, -0.15) is 5.10 Å². The SMILES string of the molecule is O=C(c1cc(-c2ccco2)[nH]n1)N1CCC(S(=O)(=O)c2ccccc2)CC1. The molecule has 2 aromatic heterocycles. The van der Waals surface area contributed by atoms with Crippen LogP contribution >= 0.6 is 0 Å². The van der Waals surface area contributed by atoms with Crippen LogP contribution in [-0.4, -0.2) is 47.8 Å². The first kappa shape index (κ1) is 17.5. The molecule has 0 bridgehead atoms. The molecule has 7 nitrogen and oxygen atoms in total. The zero-order valence-electron chi connectivity index (χ0n) is 14.5. The van der Waals surface area contributed by atoms with E-state index in [1.807, 2.05) is 0 Å². The third kappa shape index (κ3) is 3.40. The lowest BCUT2D eigenvalue weighted by Crippen LogP contribution is -2.42. The lowest BCUT2D eigenvalue weighted by atomic mass is 10.1. The van der Waals surface area contributed by atoms with Gasteiger partial charge in [0.05, 0.1) is 16.4 Å². The molecule has 1 amide bonds. The Morgan fingerprint density at radius 2 is 1.85 bits per heavy atom. The van der Waals surface area contributed by atoms with Crippen molar-refractivity contribution in [2.24, 2.45) is 0 Å². The first-order chi connectivity index (χ1) is 13.1. The van der Waals surface area contributed by atoms with E-state index in [-0.39, 0.29) is 5.91 Å². The molecule has 1 aliphatic heterocycles. The number of nitrogens with zero attached hydrogens (tertiary/aromatic N) is 2. The molecule has 0 spiro atoms. The van der Waals surface area contributed by atoms with Crippen molar-refractivity contribution in [3.8, 4) is 11.5 Å². The maximum Gasteiger partial charge on any atom is 0.274 e. The molecule has 0 atom stereocenters. The molecule has 0 unspecified atom stereocenters. The Labute approximate surface area is 156 Å². The summed E-state index contributed by atoms with van der Waals surface area (Å²) < 4.78 is 30.8. The van der Waals surface area contributed by atoms with Gasteiger partial charge in [0, 0.05) is 19.2 Å². The highest BCUT2D eigenvalue weighted by atomic mass is 32.2. The highest BCUT2D eigenvalue weighted by Crippen LogP contribution is 2.25. The van der Waals surface area contributed by atoms with E-state index in [1.165, 1.54) is 0 Å². The number of aromatic amines is 1. The van der Waals surface area contributed by atoms with Crippen molar-refractivity contribution in [3.63, 3.8) is 0 Å².